The van der Waals surface area contributed by atoms with Gasteiger partial charge in [-0.15, -0.1) is 11.3 Å². The number of thiazole rings is 1. The highest BCUT2D eigenvalue weighted by atomic mass is 32.2. The first kappa shape index (κ1) is 24.4. The lowest BCUT2D eigenvalue weighted by Crippen LogP contribution is -2.22. The van der Waals surface area contributed by atoms with Crippen LogP contribution in [0, 0.1) is 6.92 Å². The summed E-state index contributed by atoms with van der Waals surface area (Å²) >= 11 is 1.56. The van der Waals surface area contributed by atoms with Crippen LogP contribution in [-0.4, -0.2) is 44.8 Å². The molecule has 0 saturated carbocycles. The van der Waals surface area contributed by atoms with Gasteiger partial charge in [0, 0.05) is 31.1 Å². The van der Waals surface area contributed by atoms with Crippen molar-refractivity contribution in [1.29, 1.82) is 0 Å². The third kappa shape index (κ3) is 6.19. The minimum atomic E-state index is -3.66. The van der Waals surface area contributed by atoms with Crippen LogP contribution in [0.15, 0.2) is 58.8 Å². The predicted molar refractivity (Wildman–Crippen MR) is 129 cm³/mol. The van der Waals surface area contributed by atoms with Crippen LogP contribution in [0.3, 0.4) is 0 Å². The molecular formula is C23H25N3O5S2. The number of carbonyl (C=O) groups is 1. The monoisotopic (exact) mass is 487 g/mol. The van der Waals surface area contributed by atoms with E-state index in [1.807, 2.05) is 36.6 Å². The standard InChI is InChI=1S/C23H25N3O5S2/c1-16-24-18(15-32-16)14-31-21-8-6-5-7-17(21)9-12-23(27)25-20-13-19(10-11-22(20)30-4)33(28,29)26(2)3/h5-13,15H,14H2,1-4H3,(H,25,27)/b12-9+. The largest absolute Gasteiger partial charge is 0.495 e. The van der Waals surface area contributed by atoms with E-state index in [0.29, 0.717) is 18.1 Å². The number of nitrogens with zero attached hydrogens (tertiary/aromatic N) is 2. The highest BCUT2D eigenvalue weighted by Gasteiger charge is 2.19. The summed E-state index contributed by atoms with van der Waals surface area (Å²) in [7, 11) is 0.662. The maximum Gasteiger partial charge on any atom is 0.248 e. The number of sulfonamides is 1. The van der Waals surface area contributed by atoms with Gasteiger partial charge >= 0.3 is 0 Å². The van der Waals surface area contributed by atoms with Crippen molar-refractivity contribution in [3.63, 3.8) is 0 Å². The van der Waals surface area contributed by atoms with Gasteiger partial charge in [0.25, 0.3) is 0 Å². The van der Waals surface area contributed by atoms with Crippen molar-refractivity contribution in [3.8, 4) is 11.5 Å². The molecule has 0 fully saturated rings. The Balaban J connectivity index is 1.75. The third-order valence-corrected chi connectivity index (χ3v) is 7.22. The van der Waals surface area contributed by atoms with E-state index in [9.17, 15) is 13.2 Å². The minimum absolute atomic E-state index is 0.0450. The first-order valence-corrected chi connectivity index (χ1v) is 12.2. The van der Waals surface area contributed by atoms with Crippen molar-refractivity contribution in [2.75, 3.05) is 26.5 Å². The van der Waals surface area contributed by atoms with Gasteiger partial charge in [0.1, 0.15) is 18.1 Å². The molecule has 1 aromatic heterocycles. The lowest BCUT2D eigenvalue weighted by Gasteiger charge is -2.14. The normalized spacial score (nSPS) is 11.7. The SMILES string of the molecule is COc1ccc(S(=O)(=O)N(C)C)cc1NC(=O)/C=C/c1ccccc1OCc1csc(C)n1. The second-order valence-corrected chi connectivity index (χ2v) is 10.4. The summed E-state index contributed by atoms with van der Waals surface area (Å²) in [5, 5.41) is 5.59. The molecule has 10 heteroatoms. The molecule has 3 rings (SSSR count). The van der Waals surface area contributed by atoms with Crippen LogP contribution in [0.5, 0.6) is 11.5 Å². The second kappa shape index (κ2) is 10.6. The van der Waals surface area contributed by atoms with Gasteiger partial charge in [-0.1, -0.05) is 18.2 Å². The van der Waals surface area contributed by atoms with Crippen LogP contribution in [-0.2, 0) is 21.4 Å². The van der Waals surface area contributed by atoms with Crippen LogP contribution < -0.4 is 14.8 Å². The number of rotatable bonds is 9. The van der Waals surface area contributed by atoms with Gasteiger partial charge in [0.05, 0.1) is 28.4 Å². The number of hydrogen-bond acceptors (Lipinski definition) is 7. The van der Waals surface area contributed by atoms with Crippen LogP contribution in [0.4, 0.5) is 5.69 Å². The van der Waals surface area contributed by atoms with E-state index < -0.39 is 15.9 Å². The molecule has 174 valence electrons. The summed E-state index contributed by atoms with van der Waals surface area (Å²) in [6.45, 7) is 2.26. The number of hydrogen-bond donors (Lipinski definition) is 1. The Labute approximate surface area is 197 Å². The molecule has 1 amide bonds. The van der Waals surface area contributed by atoms with Gasteiger partial charge in [-0.05, 0) is 37.3 Å². The lowest BCUT2D eigenvalue weighted by atomic mass is 10.2. The fraction of sp³-hybridized carbons (Fsp3) is 0.217. The van der Waals surface area contributed by atoms with Crippen LogP contribution in [0.1, 0.15) is 16.3 Å². The number of para-hydroxylation sites is 1. The molecule has 0 saturated heterocycles. The molecule has 33 heavy (non-hydrogen) atoms. The molecule has 0 aliphatic carbocycles. The summed E-state index contributed by atoms with van der Waals surface area (Å²) in [6, 6.07) is 11.6. The molecule has 1 N–H and O–H groups in total. The molecule has 0 unspecified atom stereocenters. The average molecular weight is 488 g/mol. The number of methoxy groups -OCH3 is 1. The fourth-order valence-corrected chi connectivity index (χ4v) is 4.40. The second-order valence-electron chi connectivity index (χ2n) is 7.16. The van der Waals surface area contributed by atoms with Crippen LogP contribution in [0.2, 0.25) is 0 Å². The van der Waals surface area contributed by atoms with E-state index in [0.717, 1.165) is 20.6 Å². The van der Waals surface area contributed by atoms with Crippen LogP contribution in [0.25, 0.3) is 6.08 Å². The average Bonchev–Trinajstić information content (AvgIpc) is 3.21. The Morgan fingerprint density at radius 3 is 2.61 bits per heavy atom. The maximum absolute atomic E-state index is 12.6. The number of anilines is 1. The number of benzene rings is 2. The number of aromatic nitrogens is 1. The topological polar surface area (TPSA) is 97.8 Å². The number of aryl methyl sites for hydroxylation is 1. The van der Waals surface area contributed by atoms with Crippen molar-refractivity contribution >= 4 is 39.0 Å². The first-order valence-electron chi connectivity index (χ1n) is 9.93. The van der Waals surface area contributed by atoms with Gasteiger partial charge in [-0.3, -0.25) is 4.79 Å². The van der Waals surface area contributed by atoms with Gasteiger partial charge in [0.2, 0.25) is 15.9 Å². The molecule has 0 aliphatic heterocycles. The fourth-order valence-electron chi connectivity index (χ4n) is 2.87. The van der Waals surface area contributed by atoms with E-state index in [2.05, 4.69) is 10.3 Å². The zero-order chi connectivity index (χ0) is 24.0. The van der Waals surface area contributed by atoms with E-state index in [1.54, 1.807) is 17.4 Å². The Bertz CT molecular complexity index is 1270. The number of carbonyl (C=O) groups excluding carboxylic acids is 1. The van der Waals surface area contributed by atoms with Gasteiger partial charge in [-0.2, -0.15) is 0 Å². The summed E-state index contributed by atoms with van der Waals surface area (Å²) < 4.78 is 37.1. The number of amides is 1. The summed E-state index contributed by atoms with van der Waals surface area (Å²) in [5.41, 5.74) is 1.81. The van der Waals surface area contributed by atoms with E-state index >= 15 is 0 Å². The minimum Gasteiger partial charge on any atom is -0.495 e. The summed E-state index contributed by atoms with van der Waals surface area (Å²) in [4.78, 5) is 17.0. The molecule has 8 nitrogen and oxygen atoms in total. The van der Waals surface area contributed by atoms with Gasteiger partial charge in [0.15, 0.2) is 0 Å². The zero-order valence-corrected chi connectivity index (χ0v) is 20.4. The van der Waals surface area contributed by atoms with Crippen LogP contribution >= 0.6 is 11.3 Å². The quantitative estimate of drug-likeness (QED) is 0.459. The van der Waals surface area contributed by atoms with E-state index in [1.165, 1.54) is 45.5 Å². The van der Waals surface area contributed by atoms with Gasteiger partial charge < -0.3 is 14.8 Å². The summed E-state index contributed by atoms with van der Waals surface area (Å²) in [5.74, 6) is 0.512. The number of ether oxygens (including phenoxy) is 2. The molecule has 1 heterocycles. The number of nitrogens with one attached hydrogen (secondary N) is 1. The highest BCUT2D eigenvalue weighted by Crippen LogP contribution is 2.29. The van der Waals surface area contributed by atoms with Crippen molar-refractivity contribution in [3.05, 3.63) is 70.2 Å². The van der Waals surface area contributed by atoms with E-state index in [-0.39, 0.29) is 10.6 Å². The predicted octanol–water partition coefficient (Wildman–Crippen LogP) is 3.94. The highest BCUT2D eigenvalue weighted by molar-refractivity contribution is 7.89. The first-order chi connectivity index (χ1) is 15.7. The smallest absolute Gasteiger partial charge is 0.248 e. The Hall–Kier alpha value is -3.21. The Kier molecular flexibility index (Phi) is 7.85. The molecule has 0 spiro atoms. The molecule has 0 atom stereocenters. The molecule has 0 aliphatic rings. The lowest BCUT2D eigenvalue weighted by molar-refractivity contribution is -0.111. The molecular weight excluding hydrogens is 462 g/mol. The van der Waals surface area contributed by atoms with E-state index in [4.69, 9.17) is 9.47 Å². The van der Waals surface area contributed by atoms with Crippen molar-refractivity contribution < 1.29 is 22.7 Å². The third-order valence-electron chi connectivity index (χ3n) is 4.58. The molecule has 0 radical (unpaired) electrons. The maximum atomic E-state index is 12.6. The summed E-state index contributed by atoms with van der Waals surface area (Å²) in [6.07, 6.45) is 2.98. The molecule has 2 aromatic carbocycles. The molecule has 0 bridgehead atoms. The van der Waals surface area contributed by atoms with Crippen molar-refractivity contribution in [1.82, 2.24) is 9.29 Å². The molecule has 3 aromatic rings. The zero-order valence-electron chi connectivity index (χ0n) is 18.7. The van der Waals surface area contributed by atoms with Gasteiger partial charge in [-0.25, -0.2) is 17.7 Å². The van der Waals surface area contributed by atoms with Crippen molar-refractivity contribution in [2.45, 2.75) is 18.4 Å². The Morgan fingerprint density at radius 1 is 1.18 bits per heavy atom. The van der Waals surface area contributed by atoms with Crippen molar-refractivity contribution in [2.24, 2.45) is 0 Å². The Morgan fingerprint density at radius 2 is 1.94 bits per heavy atom.